The fourth-order valence-corrected chi connectivity index (χ4v) is 0.986. The Morgan fingerprint density at radius 3 is 2.17 bits per heavy atom. The second-order valence-electron chi connectivity index (χ2n) is 3.12. The van der Waals surface area contributed by atoms with Crippen LogP contribution in [0.1, 0.15) is 40.0 Å². The quantitative estimate of drug-likeness (QED) is 0.650. The van der Waals surface area contributed by atoms with Crippen LogP contribution in [-0.2, 0) is 4.79 Å². The van der Waals surface area contributed by atoms with Gasteiger partial charge < -0.3 is 11.1 Å². The lowest BCUT2D eigenvalue weighted by Crippen LogP contribution is -2.53. The molecule has 12 heavy (non-hydrogen) atoms. The standard InChI is InChI=1S/C9H20N2O/c1-4-7-11-8(12)9(10,5-2)6-3/h4-7,10H2,1-3H3,(H,11,12). The Morgan fingerprint density at radius 2 is 1.83 bits per heavy atom. The minimum absolute atomic E-state index is 0.0191. The molecule has 0 saturated carbocycles. The summed E-state index contributed by atoms with van der Waals surface area (Å²) in [5, 5.41) is 2.81. The van der Waals surface area contributed by atoms with Crippen molar-refractivity contribution in [1.29, 1.82) is 0 Å². The number of hydrogen-bond donors (Lipinski definition) is 2. The fraction of sp³-hybridized carbons (Fsp3) is 0.889. The largest absolute Gasteiger partial charge is 0.355 e. The second-order valence-corrected chi connectivity index (χ2v) is 3.12. The van der Waals surface area contributed by atoms with E-state index in [2.05, 4.69) is 5.32 Å². The topological polar surface area (TPSA) is 55.1 Å². The molecular formula is C9H20N2O. The Kier molecular flexibility index (Phi) is 4.90. The van der Waals surface area contributed by atoms with E-state index in [0.29, 0.717) is 12.8 Å². The highest BCUT2D eigenvalue weighted by Crippen LogP contribution is 2.10. The molecule has 0 aromatic carbocycles. The van der Waals surface area contributed by atoms with Gasteiger partial charge in [0.05, 0.1) is 5.54 Å². The van der Waals surface area contributed by atoms with Crippen molar-refractivity contribution in [2.75, 3.05) is 6.54 Å². The third-order valence-corrected chi connectivity index (χ3v) is 2.25. The summed E-state index contributed by atoms with van der Waals surface area (Å²) >= 11 is 0. The van der Waals surface area contributed by atoms with Crippen molar-refractivity contribution in [3.05, 3.63) is 0 Å². The molecule has 0 bridgehead atoms. The molecular weight excluding hydrogens is 152 g/mol. The summed E-state index contributed by atoms with van der Waals surface area (Å²) in [4.78, 5) is 11.4. The zero-order chi connectivity index (χ0) is 9.61. The van der Waals surface area contributed by atoms with Crippen molar-refractivity contribution in [3.8, 4) is 0 Å². The second kappa shape index (κ2) is 5.14. The van der Waals surface area contributed by atoms with E-state index in [-0.39, 0.29) is 5.91 Å². The molecule has 0 aromatic rings. The summed E-state index contributed by atoms with van der Waals surface area (Å²) in [6, 6.07) is 0. The van der Waals surface area contributed by atoms with E-state index in [0.717, 1.165) is 13.0 Å². The number of carbonyl (C=O) groups excluding carboxylic acids is 1. The average Bonchev–Trinajstić information content (AvgIpc) is 2.12. The minimum Gasteiger partial charge on any atom is -0.355 e. The third kappa shape index (κ3) is 2.81. The molecule has 3 heteroatoms. The molecule has 0 saturated heterocycles. The molecule has 0 rings (SSSR count). The van der Waals surface area contributed by atoms with Crippen LogP contribution in [0.15, 0.2) is 0 Å². The summed E-state index contributed by atoms with van der Waals surface area (Å²) in [5.41, 5.74) is 5.21. The van der Waals surface area contributed by atoms with Crippen LogP contribution in [0.2, 0.25) is 0 Å². The van der Waals surface area contributed by atoms with E-state index in [9.17, 15) is 4.79 Å². The maximum Gasteiger partial charge on any atom is 0.240 e. The molecule has 0 radical (unpaired) electrons. The van der Waals surface area contributed by atoms with E-state index in [1.165, 1.54) is 0 Å². The van der Waals surface area contributed by atoms with Gasteiger partial charge in [-0.1, -0.05) is 20.8 Å². The van der Waals surface area contributed by atoms with Gasteiger partial charge in [0.15, 0.2) is 0 Å². The van der Waals surface area contributed by atoms with Crippen molar-refractivity contribution >= 4 is 5.91 Å². The molecule has 0 atom stereocenters. The van der Waals surface area contributed by atoms with Crippen LogP contribution in [0.4, 0.5) is 0 Å². The molecule has 0 aliphatic carbocycles. The molecule has 3 N–H and O–H groups in total. The summed E-state index contributed by atoms with van der Waals surface area (Å²) in [5.74, 6) is -0.0191. The molecule has 0 heterocycles. The molecule has 72 valence electrons. The predicted molar refractivity (Wildman–Crippen MR) is 50.8 cm³/mol. The molecule has 3 nitrogen and oxygen atoms in total. The summed E-state index contributed by atoms with van der Waals surface area (Å²) in [6.45, 7) is 6.62. The van der Waals surface area contributed by atoms with Crippen LogP contribution in [-0.4, -0.2) is 18.0 Å². The highest BCUT2D eigenvalue weighted by atomic mass is 16.2. The lowest BCUT2D eigenvalue weighted by atomic mass is 9.93. The first kappa shape index (κ1) is 11.4. The maximum absolute atomic E-state index is 11.4. The Morgan fingerprint density at radius 1 is 1.33 bits per heavy atom. The van der Waals surface area contributed by atoms with Gasteiger partial charge in [-0.05, 0) is 19.3 Å². The molecule has 0 aliphatic heterocycles. The van der Waals surface area contributed by atoms with Gasteiger partial charge in [-0.25, -0.2) is 0 Å². The van der Waals surface area contributed by atoms with Gasteiger partial charge in [0, 0.05) is 6.54 Å². The summed E-state index contributed by atoms with van der Waals surface area (Å²) in [7, 11) is 0. The van der Waals surface area contributed by atoms with E-state index in [1.54, 1.807) is 0 Å². The van der Waals surface area contributed by atoms with Crippen LogP contribution in [0.3, 0.4) is 0 Å². The molecule has 0 spiro atoms. The Bertz CT molecular complexity index is 141. The van der Waals surface area contributed by atoms with Gasteiger partial charge in [0.2, 0.25) is 5.91 Å². The number of carbonyl (C=O) groups is 1. The highest BCUT2D eigenvalue weighted by molar-refractivity contribution is 5.85. The van der Waals surface area contributed by atoms with E-state index in [1.807, 2.05) is 20.8 Å². The van der Waals surface area contributed by atoms with E-state index < -0.39 is 5.54 Å². The van der Waals surface area contributed by atoms with Crippen molar-refractivity contribution < 1.29 is 4.79 Å². The Labute approximate surface area is 74.7 Å². The van der Waals surface area contributed by atoms with Gasteiger partial charge in [-0.2, -0.15) is 0 Å². The minimum atomic E-state index is -0.658. The monoisotopic (exact) mass is 172 g/mol. The van der Waals surface area contributed by atoms with Gasteiger partial charge in [-0.15, -0.1) is 0 Å². The smallest absolute Gasteiger partial charge is 0.240 e. The van der Waals surface area contributed by atoms with E-state index in [4.69, 9.17) is 5.73 Å². The van der Waals surface area contributed by atoms with Gasteiger partial charge in [-0.3, -0.25) is 4.79 Å². The zero-order valence-electron chi connectivity index (χ0n) is 8.31. The lowest BCUT2D eigenvalue weighted by molar-refractivity contribution is -0.126. The first-order valence-electron chi connectivity index (χ1n) is 4.67. The first-order valence-corrected chi connectivity index (χ1v) is 4.67. The van der Waals surface area contributed by atoms with Gasteiger partial charge >= 0.3 is 0 Å². The van der Waals surface area contributed by atoms with Crippen LogP contribution >= 0.6 is 0 Å². The molecule has 0 fully saturated rings. The Balaban J connectivity index is 4.03. The van der Waals surface area contributed by atoms with Crippen molar-refractivity contribution in [2.45, 2.75) is 45.6 Å². The number of hydrogen-bond acceptors (Lipinski definition) is 2. The highest BCUT2D eigenvalue weighted by Gasteiger charge is 2.28. The number of rotatable bonds is 5. The molecule has 0 unspecified atom stereocenters. The average molecular weight is 172 g/mol. The SMILES string of the molecule is CCCNC(=O)C(N)(CC)CC. The molecule has 1 amide bonds. The third-order valence-electron chi connectivity index (χ3n) is 2.25. The van der Waals surface area contributed by atoms with Crippen molar-refractivity contribution in [1.82, 2.24) is 5.32 Å². The number of amides is 1. The predicted octanol–water partition coefficient (Wildman–Crippen LogP) is 1.03. The zero-order valence-corrected chi connectivity index (χ0v) is 8.31. The number of nitrogens with two attached hydrogens (primary N) is 1. The molecule has 0 aliphatic rings. The summed E-state index contributed by atoms with van der Waals surface area (Å²) in [6.07, 6.45) is 2.34. The first-order chi connectivity index (χ1) is 5.60. The molecule has 0 aromatic heterocycles. The van der Waals surface area contributed by atoms with E-state index >= 15 is 0 Å². The maximum atomic E-state index is 11.4. The Hall–Kier alpha value is -0.570. The van der Waals surface area contributed by atoms with Crippen molar-refractivity contribution in [2.24, 2.45) is 5.73 Å². The van der Waals surface area contributed by atoms with Crippen LogP contribution in [0.25, 0.3) is 0 Å². The van der Waals surface area contributed by atoms with Crippen LogP contribution in [0, 0.1) is 0 Å². The van der Waals surface area contributed by atoms with Crippen LogP contribution in [0.5, 0.6) is 0 Å². The normalized spacial score (nSPS) is 11.3. The van der Waals surface area contributed by atoms with Gasteiger partial charge in [0.1, 0.15) is 0 Å². The van der Waals surface area contributed by atoms with Crippen molar-refractivity contribution in [3.63, 3.8) is 0 Å². The fourth-order valence-electron chi connectivity index (χ4n) is 0.986. The lowest BCUT2D eigenvalue weighted by Gasteiger charge is -2.24. The number of nitrogens with one attached hydrogen (secondary N) is 1. The summed E-state index contributed by atoms with van der Waals surface area (Å²) < 4.78 is 0. The van der Waals surface area contributed by atoms with Crippen LogP contribution < -0.4 is 11.1 Å². The van der Waals surface area contributed by atoms with Gasteiger partial charge in [0.25, 0.3) is 0 Å².